The first-order chi connectivity index (χ1) is 14.6. The fourth-order valence-corrected chi connectivity index (χ4v) is 4.56. The van der Waals surface area contributed by atoms with Gasteiger partial charge in [0.05, 0.1) is 5.92 Å². The van der Waals surface area contributed by atoms with E-state index in [2.05, 4.69) is 36.9 Å². The zero-order chi connectivity index (χ0) is 21.1. The number of rotatable bonds is 5. The first-order valence-corrected chi connectivity index (χ1v) is 11.1. The van der Waals surface area contributed by atoms with Crippen molar-refractivity contribution < 1.29 is 9.59 Å². The van der Waals surface area contributed by atoms with Gasteiger partial charge in [-0.05, 0) is 36.1 Å². The summed E-state index contributed by atoms with van der Waals surface area (Å²) >= 11 is 0. The lowest BCUT2D eigenvalue weighted by molar-refractivity contribution is -0.136. The van der Waals surface area contributed by atoms with Crippen molar-refractivity contribution in [3.8, 4) is 0 Å². The topological polar surface area (TPSA) is 43.9 Å². The van der Waals surface area contributed by atoms with Crippen LogP contribution in [0.25, 0.3) is 0 Å². The Morgan fingerprint density at radius 3 is 2.37 bits per heavy atom. The molecule has 2 fully saturated rings. The second kappa shape index (κ2) is 8.90. The summed E-state index contributed by atoms with van der Waals surface area (Å²) in [5.74, 6) is 0.326. The van der Waals surface area contributed by atoms with Crippen LogP contribution in [0.15, 0.2) is 54.6 Å². The Labute approximate surface area is 179 Å². The lowest BCUT2D eigenvalue weighted by Crippen LogP contribution is -2.50. The second-order valence-electron chi connectivity index (χ2n) is 8.42. The first kappa shape index (κ1) is 20.5. The van der Waals surface area contributed by atoms with E-state index < -0.39 is 0 Å². The molecular formula is C25H31N3O2. The third kappa shape index (κ3) is 4.07. The minimum absolute atomic E-state index is 0.0621. The van der Waals surface area contributed by atoms with Gasteiger partial charge in [0.2, 0.25) is 11.8 Å². The molecule has 5 heteroatoms. The monoisotopic (exact) mass is 405 g/mol. The number of carbonyl (C=O) groups is 2. The predicted molar refractivity (Wildman–Crippen MR) is 121 cm³/mol. The van der Waals surface area contributed by atoms with Gasteiger partial charge in [-0.3, -0.25) is 9.59 Å². The molecule has 2 aromatic carbocycles. The number of hydrogen-bond acceptors (Lipinski definition) is 3. The summed E-state index contributed by atoms with van der Waals surface area (Å²) in [5, 5.41) is 0. The summed E-state index contributed by atoms with van der Waals surface area (Å²) in [7, 11) is 0. The maximum Gasteiger partial charge on any atom is 0.228 e. The smallest absolute Gasteiger partial charge is 0.228 e. The molecule has 2 aliphatic heterocycles. The van der Waals surface area contributed by atoms with E-state index in [1.807, 2.05) is 46.2 Å². The number of anilines is 2. The molecule has 2 aliphatic rings. The van der Waals surface area contributed by atoms with Crippen LogP contribution in [0.3, 0.4) is 0 Å². The molecule has 0 saturated carbocycles. The molecule has 0 radical (unpaired) electrons. The molecule has 0 spiro atoms. The Balaban J connectivity index is 1.41. The van der Waals surface area contributed by atoms with Crippen molar-refractivity contribution in [3.05, 3.63) is 60.2 Å². The van der Waals surface area contributed by atoms with Crippen molar-refractivity contribution in [3.63, 3.8) is 0 Å². The number of hydrogen-bond donors (Lipinski definition) is 0. The summed E-state index contributed by atoms with van der Waals surface area (Å²) in [6.45, 7) is 7.92. The Bertz CT molecular complexity index is 890. The first-order valence-electron chi connectivity index (χ1n) is 11.1. The van der Waals surface area contributed by atoms with Crippen molar-refractivity contribution in [1.82, 2.24) is 4.90 Å². The molecule has 158 valence electrons. The average molecular weight is 406 g/mol. The maximum absolute atomic E-state index is 13.2. The van der Waals surface area contributed by atoms with Gasteiger partial charge < -0.3 is 14.7 Å². The Hall–Kier alpha value is -2.82. The molecular weight excluding hydrogens is 374 g/mol. The van der Waals surface area contributed by atoms with Gasteiger partial charge in [-0.2, -0.15) is 0 Å². The molecule has 2 aromatic rings. The van der Waals surface area contributed by atoms with Crippen LogP contribution in [0.2, 0.25) is 0 Å². The summed E-state index contributed by atoms with van der Waals surface area (Å²) in [6, 6.07) is 18.5. The fourth-order valence-electron chi connectivity index (χ4n) is 4.56. The third-order valence-corrected chi connectivity index (χ3v) is 6.56. The number of benzene rings is 2. The third-order valence-electron chi connectivity index (χ3n) is 6.56. The summed E-state index contributed by atoms with van der Waals surface area (Å²) in [5.41, 5.74) is 3.37. The molecule has 2 amide bonds. The van der Waals surface area contributed by atoms with E-state index in [9.17, 15) is 9.59 Å². The van der Waals surface area contributed by atoms with E-state index >= 15 is 0 Å². The Morgan fingerprint density at radius 1 is 1.00 bits per heavy atom. The maximum atomic E-state index is 13.2. The zero-order valence-electron chi connectivity index (χ0n) is 18.0. The van der Waals surface area contributed by atoms with Crippen LogP contribution in [0.1, 0.15) is 38.2 Å². The van der Waals surface area contributed by atoms with Crippen molar-refractivity contribution in [2.45, 2.75) is 32.6 Å². The molecule has 2 atom stereocenters. The lowest BCUT2D eigenvalue weighted by atomic mass is 9.96. The minimum Gasteiger partial charge on any atom is -0.368 e. The highest BCUT2D eigenvalue weighted by Gasteiger charge is 2.38. The van der Waals surface area contributed by atoms with Crippen LogP contribution in [0, 0.1) is 5.92 Å². The number of amides is 2. The van der Waals surface area contributed by atoms with Crippen molar-refractivity contribution in [2.24, 2.45) is 5.92 Å². The molecule has 0 unspecified atom stereocenters. The highest BCUT2D eigenvalue weighted by Crippen LogP contribution is 2.34. The van der Waals surface area contributed by atoms with E-state index in [4.69, 9.17) is 0 Å². The van der Waals surface area contributed by atoms with Gasteiger partial charge in [0.15, 0.2) is 0 Å². The van der Waals surface area contributed by atoms with Crippen molar-refractivity contribution >= 4 is 23.2 Å². The largest absolute Gasteiger partial charge is 0.368 e. The van der Waals surface area contributed by atoms with Gasteiger partial charge in [-0.1, -0.05) is 50.2 Å². The van der Waals surface area contributed by atoms with Crippen LogP contribution < -0.4 is 9.80 Å². The SMILES string of the molecule is CC[C@@H](C)c1ccccc1N1C[C@H](C(=O)N2CCN(c3ccccc3)CC2)CC1=O. The normalized spacial score (nSPS) is 20.5. The minimum atomic E-state index is -0.245. The van der Waals surface area contributed by atoms with Crippen LogP contribution in [0.4, 0.5) is 11.4 Å². The van der Waals surface area contributed by atoms with Gasteiger partial charge in [0.1, 0.15) is 0 Å². The molecule has 4 rings (SSSR count). The van der Waals surface area contributed by atoms with Gasteiger partial charge in [0, 0.05) is 50.5 Å². The lowest BCUT2D eigenvalue weighted by Gasteiger charge is -2.37. The van der Waals surface area contributed by atoms with Crippen molar-refractivity contribution in [2.75, 3.05) is 42.5 Å². The summed E-state index contributed by atoms with van der Waals surface area (Å²) in [6.07, 6.45) is 1.33. The predicted octanol–water partition coefficient (Wildman–Crippen LogP) is 3.90. The zero-order valence-corrected chi connectivity index (χ0v) is 18.0. The van der Waals surface area contributed by atoms with E-state index in [0.29, 0.717) is 32.0 Å². The van der Waals surface area contributed by atoms with Crippen LogP contribution in [-0.2, 0) is 9.59 Å². The van der Waals surface area contributed by atoms with Crippen molar-refractivity contribution in [1.29, 1.82) is 0 Å². The quantitative estimate of drug-likeness (QED) is 0.758. The molecule has 0 aromatic heterocycles. The van der Waals surface area contributed by atoms with Gasteiger partial charge >= 0.3 is 0 Å². The molecule has 0 bridgehead atoms. The number of nitrogens with zero attached hydrogens (tertiary/aromatic N) is 3. The van der Waals surface area contributed by atoms with E-state index in [0.717, 1.165) is 25.2 Å². The number of para-hydroxylation sites is 2. The molecule has 2 saturated heterocycles. The molecule has 2 heterocycles. The van der Waals surface area contributed by atoms with Crippen LogP contribution in [0.5, 0.6) is 0 Å². The standard InChI is InChI=1S/C25H31N3O2/c1-3-19(2)22-11-7-8-12-23(22)28-18-20(17-24(28)29)25(30)27-15-13-26(14-16-27)21-9-5-4-6-10-21/h4-12,19-20H,3,13-18H2,1-2H3/t19-,20-/m1/s1. The summed E-state index contributed by atoms with van der Waals surface area (Å²) < 4.78 is 0. The van der Waals surface area contributed by atoms with E-state index in [1.165, 1.54) is 11.3 Å². The second-order valence-corrected chi connectivity index (χ2v) is 8.42. The number of carbonyl (C=O) groups excluding carboxylic acids is 2. The Kier molecular flexibility index (Phi) is 6.07. The summed E-state index contributed by atoms with van der Waals surface area (Å²) in [4.78, 5) is 32.1. The average Bonchev–Trinajstić information content (AvgIpc) is 3.20. The molecule has 30 heavy (non-hydrogen) atoms. The molecule has 0 N–H and O–H groups in total. The molecule has 5 nitrogen and oxygen atoms in total. The Morgan fingerprint density at radius 2 is 1.67 bits per heavy atom. The highest BCUT2D eigenvalue weighted by atomic mass is 16.2. The number of piperazine rings is 1. The van der Waals surface area contributed by atoms with E-state index in [1.54, 1.807) is 0 Å². The van der Waals surface area contributed by atoms with E-state index in [-0.39, 0.29) is 17.7 Å². The molecule has 0 aliphatic carbocycles. The highest BCUT2D eigenvalue weighted by molar-refractivity contribution is 6.01. The van der Waals surface area contributed by atoms with Crippen LogP contribution in [-0.4, -0.2) is 49.4 Å². The van der Waals surface area contributed by atoms with Gasteiger partial charge in [-0.25, -0.2) is 0 Å². The van der Waals surface area contributed by atoms with Gasteiger partial charge in [-0.15, -0.1) is 0 Å². The fraction of sp³-hybridized carbons (Fsp3) is 0.440. The van der Waals surface area contributed by atoms with Crippen LogP contribution >= 0.6 is 0 Å². The van der Waals surface area contributed by atoms with Gasteiger partial charge in [0.25, 0.3) is 0 Å².